The Morgan fingerprint density at radius 1 is 1.28 bits per heavy atom. The van der Waals surface area contributed by atoms with E-state index in [1.54, 1.807) is 0 Å². The van der Waals surface area contributed by atoms with Crippen molar-refractivity contribution in [2.24, 2.45) is 10.2 Å². The molecule has 8 heteroatoms. The van der Waals surface area contributed by atoms with Gasteiger partial charge in [-0.25, -0.2) is 0 Å². The number of hydrogen-bond donors (Lipinski definition) is 0. The van der Waals surface area contributed by atoms with Crippen LogP contribution in [0.2, 0.25) is 10.0 Å². The van der Waals surface area contributed by atoms with Crippen LogP contribution in [0.3, 0.4) is 0 Å². The number of hydrogen-bond acceptors (Lipinski definition) is 3. The maximum absolute atomic E-state index is 12.4. The van der Waals surface area contributed by atoms with Crippen molar-refractivity contribution >= 4 is 35.2 Å². The predicted octanol–water partition coefficient (Wildman–Crippen LogP) is 4.68. The molecule has 1 aromatic rings. The normalized spacial score (nSPS) is 13.9. The van der Waals surface area contributed by atoms with Gasteiger partial charge in [-0.05, 0) is 19.1 Å². The summed E-state index contributed by atoms with van der Waals surface area (Å²) in [6.45, 7) is 1.46. The molecular formula is C10H7Cl2F3N2O. The summed E-state index contributed by atoms with van der Waals surface area (Å²) in [6.07, 6.45) is -4.02. The van der Waals surface area contributed by atoms with Crippen molar-refractivity contribution < 1.29 is 18.0 Å². The molecule has 1 aromatic carbocycles. The lowest BCUT2D eigenvalue weighted by molar-refractivity contribution is -0.137. The van der Waals surface area contributed by atoms with Crippen LogP contribution in [0.25, 0.3) is 0 Å². The highest BCUT2D eigenvalue weighted by atomic mass is 35.5. The van der Waals surface area contributed by atoms with Crippen molar-refractivity contribution in [3.05, 3.63) is 27.7 Å². The van der Waals surface area contributed by atoms with E-state index in [1.807, 2.05) is 0 Å². The molecule has 18 heavy (non-hydrogen) atoms. The number of alkyl halides is 3. The first-order valence-corrected chi connectivity index (χ1v) is 5.43. The highest BCUT2D eigenvalue weighted by molar-refractivity contribution is 6.38. The average molecular weight is 299 g/mol. The zero-order valence-corrected chi connectivity index (χ0v) is 10.5. The van der Waals surface area contributed by atoms with Gasteiger partial charge >= 0.3 is 6.18 Å². The van der Waals surface area contributed by atoms with Crippen LogP contribution in [0.5, 0.6) is 0 Å². The third kappa shape index (κ3) is 3.68. The SMILES string of the molecule is CC(C=O)N=Nc1c(Cl)cc(C(F)(F)F)cc1Cl. The van der Waals surface area contributed by atoms with Crippen molar-refractivity contribution in [3.8, 4) is 0 Å². The number of carbonyl (C=O) groups excluding carboxylic acids is 1. The number of benzene rings is 1. The second kappa shape index (κ2) is 5.67. The van der Waals surface area contributed by atoms with Crippen molar-refractivity contribution in [2.45, 2.75) is 19.1 Å². The fourth-order valence-corrected chi connectivity index (χ4v) is 1.56. The average Bonchev–Trinajstić information content (AvgIpc) is 2.26. The molecule has 0 aliphatic rings. The highest BCUT2D eigenvalue weighted by Gasteiger charge is 2.32. The van der Waals surface area contributed by atoms with Gasteiger partial charge in [0.15, 0.2) is 0 Å². The van der Waals surface area contributed by atoms with Gasteiger partial charge in [0.05, 0.1) is 15.6 Å². The van der Waals surface area contributed by atoms with Crippen molar-refractivity contribution in [3.63, 3.8) is 0 Å². The van der Waals surface area contributed by atoms with Crippen molar-refractivity contribution in [1.82, 2.24) is 0 Å². The van der Waals surface area contributed by atoms with Crippen LogP contribution in [0, 0.1) is 0 Å². The molecule has 0 heterocycles. The van der Waals surface area contributed by atoms with Gasteiger partial charge in [0.1, 0.15) is 18.0 Å². The van der Waals surface area contributed by atoms with Gasteiger partial charge in [-0.15, -0.1) is 0 Å². The van der Waals surface area contributed by atoms with E-state index in [4.69, 9.17) is 23.2 Å². The lowest BCUT2D eigenvalue weighted by Gasteiger charge is -2.09. The van der Waals surface area contributed by atoms with E-state index in [0.29, 0.717) is 18.4 Å². The molecule has 1 unspecified atom stereocenters. The summed E-state index contributed by atoms with van der Waals surface area (Å²) >= 11 is 11.3. The molecule has 0 saturated heterocycles. The standard InChI is InChI=1S/C10H7Cl2F3N2O/c1-5(4-18)16-17-9-7(11)2-6(3-8(9)12)10(13,14)15/h2-5H,1H3. The van der Waals surface area contributed by atoms with E-state index in [2.05, 4.69) is 10.2 Å². The summed E-state index contributed by atoms with van der Waals surface area (Å²) in [4.78, 5) is 10.3. The second-order valence-electron chi connectivity index (χ2n) is 3.38. The number of rotatable bonds is 3. The zero-order valence-electron chi connectivity index (χ0n) is 9.00. The molecule has 0 aromatic heterocycles. The fourth-order valence-electron chi connectivity index (χ4n) is 1.00. The van der Waals surface area contributed by atoms with Crippen LogP contribution >= 0.6 is 23.2 Å². The smallest absolute Gasteiger partial charge is 0.301 e. The van der Waals surface area contributed by atoms with Crippen LogP contribution in [-0.2, 0) is 11.0 Å². The van der Waals surface area contributed by atoms with Crippen LogP contribution in [0.15, 0.2) is 22.4 Å². The third-order valence-corrected chi connectivity index (χ3v) is 2.46. The maximum atomic E-state index is 12.4. The Bertz CT molecular complexity index is 465. The van der Waals surface area contributed by atoms with Gasteiger partial charge in [0.25, 0.3) is 0 Å². The number of aldehydes is 1. The summed E-state index contributed by atoms with van der Waals surface area (Å²) < 4.78 is 37.3. The predicted molar refractivity (Wildman–Crippen MR) is 61.5 cm³/mol. The summed E-state index contributed by atoms with van der Waals surface area (Å²) in [5, 5.41) is 6.53. The Kier molecular flexibility index (Phi) is 4.70. The minimum Gasteiger partial charge on any atom is -0.301 e. The molecular weight excluding hydrogens is 292 g/mol. The highest BCUT2D eigenvalue weighted by Crippen LogP contribution is 2.40. The van der Waals surface area contributed by atoms with Crippen molar-refractivity contribution in [1.29, 1.82) is 0 Å². The molecule has 0 bridgehead atoms. The second-order valence-corrected chi connectivity index (χ2v) is 4.19. The first-order chi connectivity index (χ1) is 8.25. The molecule has 0 fully saturated rings. The molecule has 98 valence electrons. The maximum Gasteiger partial charge on any atom is 0.416 e. The summed E-state index contributed by atoms with van der Waals surface area (Å²) in [5.41, 5.74) is -1.07. The molecule has 0 aliphatic carbocycles. The molecule has 0 amide bonds. The number of azo groups is 1. The minimum absolute atomic E-state index is 0.0972. The number of carbonyl (C=O) groups is 1. The van der Waals surface area contributed by atoms with Crippen molar-refractivity contribution in [2.75, 3.05) is 0 Å². The number of halogens is 5. The van der Waals surface area contributed by atoms with Gasteiger partial charge in [-0.2, -0.15) is 23.4 Å². The first-order valence-electron chi connectivity index (χ1n) is 4.68. The van der Waals surface area contributed by atoms with Crippen LogP contribution in [-0.4, -0.2) is 12.3 Å². The molecule has 1 atom stereocenters. The number of nitrogens with zero attached hydrogens (tertiary/aromatic N) is 2. The van der Waals surface area contributed by atoms with E-state index < -0.39 is 17.8 Å². The lowest BCUT2D eigenvalue weighted by atomic mass is 10.2. The van der Waals surface area contributed by atoms with E-state index in [9.17, 15) is 18.0 Å². The van der Waals surface area contributed by atoms with Crippen LogP contribution in [0.4, 0.5) is 18.9 Å². The lowest BCUT2D eigenvalue weighted by Crippen LogP contribution is -2.04. The van der Waals surface area contributed by atoms with Crippen LogP contribution < -0.4 is 0 Å². The van der Waals surface area contributed by atoms with Gasteiger partial charge in [0.2, 0.25) is 0 Å². The van der Waals surface area contributed by atoms with Gasteiger partial charge in [-0.1, -0.05) is 23.2 Å². The Labute approximate surface area is 111 Å². The summed E-state index contributed by atoms with van der Waals surface area (Å²) in [7, 11) is 0. The van der Waals surface area contributed by atoms with E-state index in [-0.39, 0.29) is 15.7 Å². The molecule has 0 spiro atoms. The van der Waals surface area contributed by atoms with Crippen LogP contribution in [0.1, 0.15) is 12.5 Å². The Hall–Kier alpha value is -1.14. The molecule has 0 saturated carbocycles. The van der Waals surface area contributed by atoms with E-state index in [1.165, 1.54) is 6.92 Å². The summed E-state index contributed by atoms with van der Waals surface area (Å²) in [6, 6.07) is 0.681. The topological polar surface area (TPSA) is 41.8 Å². The fraction of sp³-hybridized carbons (Fsp3) is 0.300. The molecule has 3 nitrogen and oxygen atoms in total. The Balaban J connectivity index is 3.17. The monoisotopic (exact) mass is 298 g/mol. The Morgan fingerprint density at radius 3 is 2.17 bits per heavy atom. The molecule has 1 rings (SSSR count). The molecule has 0 N–H and O–H groups in total. The molecule has 0 radical (unpaired) electrons. The van der Waals surface area contributed by atoms with Gasteiger partial charge in [0, 0.05) is 0 Å². The van der Waals surface area contributed by atoms with Gasteiger partial charge in [-0.3, -0.25) is 0 Å². The first kappa shape index (κ1) is 14.9. The third-order valence-electron chi connectivity index (χ3n) is 1.88. The Morgan fingerprint density at radius 2 is 1.78 bits per heavy atom. The summed E-state index contributed by atoms with van der Waals surface area (Å²) in [5.74, 6) is 0. The van der Waals surface area contributed by atoms with E-state index >= 15 is 0 Å². The van der Waals surface area contributed by atoms with Gasteiger partial charge < -0.3 is 4.79 Å². The largest absolute Gasteiger partial charge is 0.416 e. The minimum atomic E-state index is -4.54. The quantitative estimate of drug-likeness (QED) is 0.590. The molecule has 0 aliphatic heterocycles. The van der Waals surface area contributed by atoms with E-state index in [0.717, 1.165) is 0 Å². The zero-order chi connectivity index (χ0) is 13.9.